The van der Waals surface area contributed by atoms with Gasteiger partial charge in [0.2, 0.25) is 5.91 Å². The smallest absolute Gasteiger partial charge is 0.240 e. The van der Waals surface area contributed by atoms with E-state index in [0.29, 0.717) is 0 Å². The minimum Gasteiger partial charge on any atom is -0.348 e. The van der Waals surface area contributed by atoms with Crippen LogP contribution in [0.3, 0.4) is 0 Å². The Morgan fingerprint density at radius 3 is 3.00 bits per heavy atom. The molecule has 4 heteroatoms. The Bertz CT molecular complexity index is 436. The highest BCUT2D eigenvalue weighted by Gasteiger charge is 2.41. The fraction of sp³-hybridized carbons (Fsp3) is 0.615. The maximum Gasteiger partial charge on any atom is 0.240 e. The SMILES string of the molecule is NC1(C(=O)NC2CCCc3sccc32)CCC1. The Labute approximate surface area is 105 Å². The molecule has 0 radical (unpaired) electrons. The number of fused-ring (bicyclic) bond motifs is 1. The van der Waals surface area contributed by atoms with Crippen LogP contribution in [0, 0.1) is 0 Å². The fourth-order valence-corrected chi connectivity index (χ4v) is 3.71. The highest BCUT2D eigenvalue weighted by atomic mass is 32.1. The first-order chi connectivity index (χ1) is 8.19. The van der Waals surface area contributed by atoms with Gasteiger partial charge in [-0.2, -0.15) is 0 Å². The molecule has 92 valence electrons. The van der Waals surface area contributed by atoms with Crippen molar-refractivity contribution in [2.24, 2.45) is 5.73 Å². The number of rotatable bonds is 2. The van der Waals surface area contributed by atoms with E-state index in [1.807, 2.05) is 0 Å². The second-order valence-corrected chi connectivity index (χ2v) is 6.23. The lowest BCUT2D eigenvalue weighted by molar-refractivity contribution is -0.130. The number of thiophene rings is 1. The van der Waals surface area contributed by atoms with E-state index in [9.17, 15) is 4.79 Å². The van der Waals surface area contributed by atoms with Crippen LogP contribution in [0.1, 0.15) is 48.6 Å². The van der Waals surface area contributed by atoms with E-state index in [0.717, 1.165) is 38.5 Å². The largest absolute Gasteiger partial charge is 0.348 e. The zero-order chi connectivity index (χ0) is 11.9. The Morgan fingerprint density at radius 1 is 1.47 bits per heavy atom. The lowest BCUT2D eigenvalue weighted by Crippen LogP contribution is -2.59. The first-order valence-corrected chi connectivity index (χ1v) is 7.23. The summed E-state index contributed by atoms with van der Waals surface area (Å²) in [4.78, 5) is 13.5. The monoisotopic (exact) mass is 250 g/mol. The van der Waals surface area contributed by atoms with Gasteiger partial charge in [-0.15, -0.1) is 11.3 Å². The Hall–Kier alpha value is -0.870. The van der Waals surface area contributed by atoms with Gasteiger partial charge in [0.15, 0.2) is 0 Å². The zero-order valence-corrected chi connectivity index (χ0v) is 10.7. The van der Waals surface area contributed by atoms with Gasteiger partial charge in [0.05, 0.1) is 11.6 Å². The van der Waals surface area contributed by atoms with E-state index in [2.05, 4.69) is 16.8 Å². The van der Waals surface area contributed by atoms with Crippen LogP contribution in [0.4, 0.5) is 0 Å². The average molecular weight is 250 g/mol. The molecular weight excluding hydrogens is 232 g/mol. The Morgan fingerprint density at radius 2 is 2.29 bits per heavy atom. The lowest BCUT2D eigenvalue weighted by Gasteiger charge is -2.38. The topological polar surface area (TPSA) is 55.1 Å². The van der Waals surface area contributed by atoms with Gasteiger partial charge in [-0.3, -0.25) is 4.79 Å². The third-order valence-electron chi connectivity index (χ3n) is 4.06. The van der Waals surface area contributed by atoms with Crippen molar-refractivity contribution in [3.8, 4) is 0 Å². The molecule has 1 aromatic heterocycles. The summed E-state index contributed by atoms with van der Waals surface area (Å²) < 4.78 is 0. The molecule has 1 fully saturated rings. The molecule has 1 saturated carbocycles. The first-order valence-electron chi connectivity index (χ1n) is 6.35. The predicted molar refractivity (Wildman–Crippen MR) is 68.9 cm³/mol. The average Bonchev–Trinajstić information content (AvgIpc) is 2.75. The van der Waals surface area contributed by atoms with Crippen molar-refractivity contribution in [3.05, 3.63) is 21.9 Å². The summed E-state index contributed by atoms with van der Waals surface area (Å²) in [5, 5.41) is 5.27. The molecule has 1 unspecified atom stereocenters. The number of nitrogens with two attached hydrogens (primary N) is 1. The van der Waals surface area contributed by atoms with Crippen molar-refractivity contribution in [2.75, 3.05) is 0 Å². The number of carbonyl (C=O) groups is 1. The zero-order valence-electron chi connectivity index (χ0n) is 9.87. The summed E-state index contributed by atoms with van der Waals surface area (Å²) in [5.74, 6) is 0.0489. The summed E-state index contributed by atoms with van der Waals surface area (Å²) >= 11 is 1.80. The molecule has 3 N–H and O–H groups in total. The van der Waals surface area contributed by atoms with E-state index >= 15 is 0 Å². The van der Waals surface area contributed by atoms with Crippen LogP contribution in [0.25, 0.3) is 0 Å². The van der Waals surface area contributed by atoms with Crippen molar-refractivity contribution >= 4 is 17.2 Å². The predicted octanol–water partition coefficient (Wildman–Crippen LogP) is 2.12. The standard InChI is InChI=1S/C13H18N2OS/c14-13(6-2-7-13)12(16)15-10-3-1-4-11-9(10)5-8-17-11/h5,8,10H,1-4,6-7,14H2,(H,15,16). The highest BCUT2D eigenvalue weighted by molar-refractivity contribution is 7.10. The van der Waals surface area contributed by atoms with Crippen molar-refractivity contribution < 1.29 is 4.79 Å². The molecule has 0 aromatic carbocycles. The fourth-order valence-electron chi connectivity index (χ4n) is 2.72. The molecule has 0 aliphatic heterocycles. The van der Waals surface area contributed by atoms with Crippen LogP contribution in [-0.2, 0) is 11.2 Å². The van der Waals surface area contributed by atoms with Crippen LogP contribution in [0.15, 0.2) is 11.4 Å². The lowest BCUT2D eigenvalue weighted by atomic mass is 9.76. The summed E-state index contributed by atoms with van der Waals surface area (Å²) in [6.07, 6.45) is 6.12. The van der Waals surface area contributed by atoms with Crippen LogP contribution in [0.5, 0.6) is 0 Å². The van der Waals surface area contributed by atoms with Crippen LogP contribution >= 0.6 is 11.3 Å². The molecule has 1 amide bonds. The van der Waals surface area contributed by atoms with Crippen molar-refractivity contribution in [2.45, 2.75) is 50.1 Å². The van der Waals surface area contributed by atoms with E-state index in [4.69, 9.17) is 5.73 Å². The number of hydrogen-bond donors (Lipinski definition) is 2. The molecule has 1 atom stereocenters. The summed E-state index contributed by atoms with van der Waals surface area (Å²) in [7, 11) is 0. The number of nitrogens with one attached hydrogen (secondary N) is 1. The van der Waals surface area contributed by atoms with E-state index in [-0.39, 0.29) is 11.9 Å². The maximum absolute atomic E-state index is 12.1. The van der Waals surface area contributed by atoms with Crippen molar-refractivity contribution in [3.63, 3.8) is 0 Å². The molecule has 3 nitrogen and oxygen atoms in total. The van der Waals surface area contributed by atoms with Gasteiger partial charge in [-0.25, -0.2) is 0 Å². The molecule has 0 spiro atoms. The normalized spacial score (nSPS) is 25.8. The molecule has 1 heterocycles. The molecule has 3 rings (SSSR count). The molecule has 2 aliphatic carbocycles. The first kappa shape index (κ1) is 11.2. The number of hydrogen-bond acceptors (Lipinski definition) is 3. The second kappa shape index (κ2) is 4.10. The minimum atomic E-state index is -0.576. The summed E-state index contributed by atoms with van der Waals surface area (Å²) in [6, 6.07) is 2.34. The van der Waals surface area contributed by atoms with Gasteiger partial charge in [0, 0.05) is 4.88 Å². The third-order valence-corrected chi connectivity index (χ3v) is 5.05. The van der Waals surface area contributed by atoms with Gasteiger partial charge in [-0.1, -0.05) is 0 Å². The van der Waals surface area contributed by atoms with Crippen LogP contribution in [0.2, 0.25) is 0 Å². The quantitative estimate of drug-likeness (QED) is 0.844. The highest BCUT2D eigenvalue weighted by Crippen LogP contribution is 2.35. The van der Waals surface area contributed by atoms with Gasteiger partial charge in [0.1, 0.15) is 0 Å². The van der Waals surface area contributed by atoms with Crippen LogP contribution in [-0.4, -0.2) is 11.4 Å². The molecule has 17 heavy (non-hydrogen) atoms. The number of aryl methyl sites for hydroxylation is 1. The number of amides is 1. The summed E-state index contributed by atoms with van der Waals surface area (Å²) in [6.45, 7) is 0. The number of carbonyl (C=O) groups excluding carboxylic acids is 1. The van der Waals surface area contributed by atoms with Gasteiger partial charge in [0.25, 0.3) is 0 Å². The van der Waals surface area contributed by atoms with E-state index < -0.39 is 5.54 Å². The molecular formula is C13H18N2OS. The molecule has 0 saturated heterocycles. The van der Waals surface area contributed by atoms with Crippen molar-refractivity contribution in [1.82, 2.24) is 5.32 Å². The van der Waals surface area contributed by atoms with Gasteiger partial charge in [-0.05, 0) is 55.5 Å². The molecule has 2 aliphatic rings. The maximum atomic E-state index is 12.1. The van der Waals surface area contributed by atoms with Crippen LogP contribution < -0.4 is 11.1 Å². The third kappa shape index (κ3) is 1.89. The van der Waals surface area contributed by atoms with Gasteiger partial charge < -0.3 is 11.1 Å². The second-order valence-electron chi connectivity index (χ2n) is 5.23. The van der Waals surface area contributed by atoms with E-state index in [1.165, 1.54) is 10.4 Å². The Kier molecular flexibility index (Phi) is 2.71. The molecule has 0 bridgehead atoms. The molecule has 1 aromatic rings. The van der Waals surface area contributed by atoms with E-state index in [1.54, 1.807) is 11.3 Å². The summed E-state index contributed by atoms with van der Waals surface area (Å²) in [5.41, 5.74) is 6.79. The van der Waals surface area contributed by atoms with Gasteiger partial charge >= 0.3 is 0 Å². The Balaban J connectivity index is 1.73. The van der Waals surface area contributed by atoms with Crippen molar-refractivity contribution in [1.29, 1.82) is 0 Å². The minimum absolute atomic E-state index is 0.0489.